The van der Waals surface area contributed by atoms with E-state index in [1.807, 2.05) is 6.20 Å². The second-order valence-corrected chi connectivity index (χ2v) is 5.55. The fourth-order valence-corrected chi connectivity index (χ4v) is 2.79. The molecule has 7 nitrogen and oxygen atoms in total. The summed E-state index contributed by atoms with van der Waals surface area (Å²) >= 11 is 0. The molecular formula is C14H22N4O3. The van der Waals surface area contributed by atoms with Gasteiger partial charge in [0.1, 0.15) is 0 Å². The minimum absolute atomic E-state index is 0.0646. The van der Waals surface area contributed by atoms with Crippen molar-refractivity contribution in [1.29, 1.82) is 0 Å². The minimum Gasteiger partial charge on any atom is -0.481 e. The monoisotopic (exact) mass is 294 g/mol. The molecule has 1 atom stereocenters. The number of carboxylic acid groups (broad SMARTS) is 1. The number of amides is 1. The van der Waals surface area contributed by atoms with E-state index in [-0.39, 0.29) is 18.4 Å². The Labute approximate surface area is 123 Å². The Balaban J connectivity index is 1.92. The van der Waals surface area contributed by atoms with Crippen molar-refractivity contribution >= 4 is 11.9 Å². The van der Waals surface area contributed by atoms with Crippen LogP contribution in [0, 0.1) is 0 Å². The van der Waals surface area contributed by atoms with Gasteiger partial charge in [-0.25, -0.2) is 0 Å². The number of nitrogens with zero attached hydrogens (tertiary/aromatic N) is 3. The van der Waals surface area contributed by atoms with Crippen molar-refractivity contribution in [3.8, 4) is 0 Å². The quantitative estimate of drug-likeness (QED) is 0.766. The highest BCUT2D eigenvalue weighted by molar-refractivity contribution is 5.74. The molecule has 2 heterocycles. The largest absolute Gasteiger partial charge is 0.481 e. The van der Waals surface area contributed by atoms with Gasteiger partial charge in [0.15, 0.2) is 0 Å². The van der Waals surface area contributed by atoms with Gasteiger partial charge in [0, 0.05) is 30.8 Å². The van der Waals surface area contributed by atoms with Crippen LogP contribution in [0.1, 0.15) is 37.7 Å². The van der Waals surface area contributed by atoms with Crippen molar-refractivity contribution in [2.45, 2.75) is 51.2 Å². The fourth-order valence-electron chi connectivity index (χ4n) is 2.79. The normalized spacial score (nSPS) is 19.5. The SMILES string of the molecule is NC(=O)C[C@H]1CCCCN1Cc1cnn(CCC(=O)O)c1. The molecule has 1 aliphatic rings. The molecule has 1 aliphatic heterocycles. The fraction of sp³-hybridized carbons (Fsp3) is 0.643. The Morgan fingerprint density at radius 1 is 1.43 bits per heavy atom. The first kappa shape index (κ1) is 15.5. The summed E-state index contributed by atoms with van der Waals surface area (Å²) in [6.45, 7) is 2.06. The van der Waals surface area contributed by atoms with Crippen LogP contribution >= 0.6 is 0 Å². The second kappa shape index (κ2) is 7.21. The molecule has 3 N–H and O–H groups in total. The van der Waals surface area contributed by atoms with Gasteiger partial charge in [-0.15, -0.1) is 0 Å². The number of likely N-dealkylation sites (tertiary alicyclic amines) is 1. The van der Waals surface area contributed by atoms with E-state index in [2.05, 4.69) is 10.00 Å². The molecule has 116 valence electrons. The van der Waals surface area contributed by atoms with Gasteiger partial charge in [0.05, 0.1) is 19.2 Å². The molecule has 1 amide bonds. The minimum atomic E-state index is -0.829. The summed E-state index contributed by atoms with van der Waals surface area (Å²) in [4.78, 5) is 24.0. The third kappa shape index (κ3) is 4.86. The number of aromatic nitrogens is 2. The highest BCUT2D eigenvalue weighted by atomic mass is 16.4. The number of piperidine rings is 1. The van der Waals surface area contributed by atoms with Crippen molar-refractivity contribution in [2.75, 3.05) is 6.54 Å². The van der Waals surface area contributed by atoms with Crippen LogP contribution in [0.15, 0.2) is 12.4 Å². The highest BCUT2D eigenvalue weighted by Gasteiger charge is 2.24. The van der Waals surface area contributed by atoms with Crippen molar-refractivity contribution in [3.05, 3.63) is 18.0 Å². The van der Waals surface area contributed by atoms with E-state index in [4.69, 9.17) is 10.8 Å². The van der Waals surface area contributed by atoms with Crippen molar-refractivity contribution in [3.63, 3.8) is 0 Å². The number of aliphatic carboxylic acids is 1. The van der Waals surface area contributed by atoms with Gasteiger partial charge in [-0.2, -0.15) is 5.10 Å². The molecule has 0 radical (unpaired) electrons. The third-order valence-electron chi connectivity index (χ3n) is 3.81. The number of rotatable bonds is 7. The molecule has 0 saturated carbocycles. The molecule has 1 fully saturated rings. The van der Waals surface area contributed by atoms with Gasteiger partial charge in [0.2, 0.25) is 5.91 Å². The van der Waals surface area contributed by atoms with E-state index >= 15 is 0 Å². The number of nitrogens with two attached hydrogens (primary N) is 1. The number of carbonyl (C=O) groups is 2. The lowest BCUT2D eigenvalue weighted by molar-refractivity contribution is -0.137. The first-order chi connectivity index (χ1) is 10.0. The number of carbonyl (C=O) groups excluding carboxylic acids is 1. The van der Waals surface area contributed by atoms with E-state index in [1.54, 1.807) is 10.9 Å². The molecule has 2 rings (SSSR count). The summed E-state index contributed by atoms with van der Waals surface area (Å²) in [6.07, 6.45) is 7.35. The van der Waals surface area contributed by atoms with E-state index < -0.39 is 5.97 Å². The standard InChI is InChI=1S/C14H22N4O3/c15-13(19)7-12-3-1-2-5-17(12)9-11-8-16-18(10-11)6-4-14(20)21/h8,10,12H,1-7,9H2,(H2,15,19)(H,20,21)/t12-/m1/s1. The molecule has 0 aromatic carbocycles. The molecule has 1 aromatic rings. The summed E-state index contributed by atoms with van der Waals surface area (Å²) in [5.41, 5.74) is 6.35. The van der Waals surface area contributed by atoms with Crippen LogP contribution in [0.25, 0.3) is 0 Å². The predicted molar refractivity (Wildman–Crippen MR) is 76.3 cm³/mol. The summed E-state index contributed by atoms with van der Waals surface area (Å²) in [5, 5.41) is 12.8. The molecular weight excluding hydrogens is 272 g/mol. The summed E-state index contributed by atoms with van der Waals surface area (Å²) in [7, 11) is 0. The zero-order valence-electron chi connectivity index (χ0n) is 12.1. The topological polar surface area (TPSA) is 101 Å². The van der Waals surface area contributed by atoms with Crippen LogP contribution in [0.4, 0.5) is 0 Å². The second-order valence-electron chi connectivity index (χ2n) is 5.55. The molecule has 7 heteroatoms. The molecule has 0 unspecified atom stereocenters. The lowest BCUT2D eigenvalue weighted by Crippen LogP contribution is -2.41. The lowest BCUT2D eigenvalue weighted by Gasteiger charge is -2.34. The van der Waals surface area contributed by atoms with Crippen molar-refractivity contribution < 1.29 is 14.7 Å². The molecule has 1 saturated heterocycles. The zero-order valence-corrected chi connectivity index (χ0v) is 12.1. The van der Waals surface area contributed by atoms with Gasteiger partial charge >= 0.3 is 5.97 Å². The Morgan fingerprint density at radius 2 is 2.24 bits per heavy atom. The maximum atomic E-state index is 11.1. The molecule has 1 aromatic heterocycles. The molecule has 0 spiro atoms. The van der Waals surface area contributed by atoms with Crippen molar-refractivity contribution in [1.82, 2.24) is 14.7 Å². The van der Waals surface area contributed by atoms with E-state index in [0.29, 0.717) is 13.0 Å². The van der Waals surface area contributed by atoms with Gasteiger partial charge < -0.3 is 10.8 Å². The average Bonchev–Trinajstić information content (AvgIpc) is 2.86. The van der Waals surface area contributed by atoms with Crippen LogP contribution in [0.3, 0.4) is 0 Å². The van der Waals surface area contributed by atoms with E-state index in [9.17, 15) is 9.59 Å². The maximum absolute atomic E-state index is 11.1. The van der Waals surface area contributed by atoms with Gasteiger partial charge in [0.25, 0.3) is 0 Å². The highest BCUT2D eigenvalue weighted by Crippen LogP contribution is 2.21. The summed E-state index contributed by atoms with van der Waals surface area (Å²) in [6, 6.07) is 0.207. The number of hydrogen-bond donors (Lipinski definition) is 2. The smallest absolute Gasteiger partial charge is 0.305 e. The van der Waals surface area contributed by atoms with E-state index in [1.165, 1.54) is 0 Å². The molecule has 0 aliphatic carbocycles. The Hall–Kier alpha value is -1.89. The van der Waals surface area contributed by atoms with Crippen molar-refractivity contribution in [2.24, 2.45) is 5.73 Å². The van der Waals surface area contributed by atoms with Gasteiger partial charge in [-0.05, 0) is 19.4 Å². The van der Waals surface area contributed by atoms with Crippen LogP contribution in [0.5, 0.6) is 0 Å². The first-order valence-electron chi connectivity index (χ1n) is 7.30. The molecule has 0 bridgehead atoms. The van der Waals surface area contributed by atoms with Gasteiger partial charge in [-0.1, -0.05) is 6.42 Å². The van der Waals surface area contributed by atoms with Crippen LogP contribution in [0.2, 0.25) is 0 Å². The summed E-state index contributed by atoms with van der Waals surface area (Å²) < 4.78 is 1.65. The number of carboxylic acids is 1. The maximum Gasteiger partial charge on any atom is 0.305 e. The Kier molecular flexibility index (Phi) is 5.32. The van der Waals surface area contributed by atoms with E-state index in [0.717, 1.165) is 37.9 Å². The third-order valence-corrected chi connectivity index (χ3v) is 3.81. The van der Waals surface area contributed by atoms with Crippen LogP contribution < -0.4 is 5.73 Å². The Bertz CT molecular complexity index is 500. The van der Waals surface area contributed by atoms with Gasteiger partial charge in [-0.3, -0.25) is 19.2 Å². The Morgan fingerprint density at radius 3 is 2.95 bits per heavy atom. The zero-order chi connectivity index (χ0) is 15.2. The average molecular weight is 294 g/mol. The number of aryl methyl sites for hydroxylation is 1. The summed E-state index contributed by atoms with van der Waals surface area (Å²) in [5.74, 6) is -1.09. The van der Waals surface area contributed by atoms with Crippen LogP contribution in [-0.2, 0) is 22.7 Å². The lowest BCUT2D eigenvalue weighted by atomic mass is 9.98. The van der Waals surface area contributed by atoms with Crippen LogP contribution in [-0.4, -0.2) is 44.3 Å². The predicted octanol–water partition coefficient (Wildman–Crippen LogP) is 0.588. The number of hydrogen-bond acceptors (Lipinski definition) is 4. The molecule has 21 heavy (non-hydrogen) atoms. The first-order valence-corrected chi connectivity index (χ1v) is 7.30. The number of primary amides is 1.